The number of benzene rings is 1. The molecule has 1 atom stereocenters. The van der Waals surface area contributed by atoms with Gasteiger partial charge >= 0.3 is 0 Å². The second-order valence-corrected chi connectivity index (χ2v) is 8.05. The Bertz CT molecular complexity index is 1050. The first kappa shape index (κ1) is 20.9. The fourth-order valence-corrected chi connectivity index (χ4v) is 3.37. The standard InChI is InChI=1S/C24H24FN3O3/c1-24(30,19-6-7-19)15-28-22(29)18-11-21(17-4-8-20(25)9-5-17)23(27-13-18)31-14-16-3-2-10-26-12-16/h2-5,8-13,19,30H,6-7,14-15H2,1H3,(H,28,29). The van der Waals surface area contributed by atoms with Crippen LogP contribution >= 0.6 is 0 Å². The Morgan fingerprint density at radius 2 is 2.03 bits per heavy atom. The van der Waals surface area contributed by atoms with Gasteiger partial charge in [0, 0.05) is 36.3 Å². The van der Waals surface area contributed by atoms with Crippen LogP contribution in [0.5, 0.6) is 5.88 Å². The van der Waals surface area contributed by atoms with Crippen LogP contribution in [0.2, 0.25) is 0 Å². The molecular formula is C24H24FN3O3. The molecule has 0 bridgehead atoms. The van der Waals surface area contributed by atoms with E-state index in [1.807, 2.05) is 12.1 Å². The quantitative estimate of drug-likeness (QED) is 0.579. The van der Waals surface area contributed by atoms with E-state index in [2.05, 4.69) is 15.3 Å². The molecule has 1 saturated carbocycles. The molecule has 6 nitrogen and oxygen atoms in total. The zero-order valence-corrected chi connectivity index (χ0v) is 17.2. The maximum absolute atomic E-state index is 13.4. The molecule has 160 valence electrons. The van der Waals surface area contributed by atoms with Crippen LogP contribution in [0.25, 0.3) is 11.1 Å². The number of pyridine rings is 2. The molecule has 2 aromatic heterocycles. The molecule has 2 N–H and O–H groups in total. The minimum atomic E-state index is -0.921. The van der Waals surface area contributed by atoms with E-state index in [4.69, 9.17) is 4.74 Å². The zero-order chi connectivity index (χ0) is 21.8. The van der Waals surface area contributed by atoms with Gasteiger partial charge in [0.1, 0.15) is 12.4 Å². The van der Waals surface area contributed by atoms with Crippen molar-refractivity contribution in [3.05, 3.63) is 78.0 Å². The van der Waals surface area contributed by atoms with E-state index >= 15 is 0 Å². The van der Waals surface area contributed by atoms with E-state index in [1.54, 1.807) is 37.5 Å². The number of nitrogens with one attached hydrogen (secondary N) is 1. The molecule has 31 heavy (non-hydrogen) atoms. The second-order valence-electron chi connectivity index (χ2n) is 8.05. The number of ether oxygens (including phenoxy) is 1. The third kappa shape index (κ3) is 5.24. The highest BCUT2D eigenvalue weighted by Crippen LogP contribution is 2.39. The lowest BCUT2D eigenvalue weighted by Gasteiger charge is -2.23. The number of aromatic nitrogens is 2. The van der Waals surface area contributed by atoms with Gasteiger partial charge in [0.2, 0.25) is 5.88 Å². The van der Waals surface area contributed by atoms with Gasteiger partial charge in [-0.2, -0.15) is 0 Å². The Morgan fingerprint density at radius 1 is 1.26 bits per heavy atom. The van der Waals surface area contributed by atoms with Crippen LogP contribution in [0.15, 0.2) is 61.1 Å². The number of hydrogen-bond acceptors (Lipinski definition) is 5. The van der Waals surface area contributed by atoms with E-state index in [1.165, 1.54) is 18.3 Å². The predicted molar refractivity (Wildman–Crippen MR) is 114 cm³/mol. The van der Waals surface area contributed by atoms with Crippen LogP contribution in [0, 0.1) is 11.7 Å². The highest BCUT2D eigenvalue weighted by atomic mass is 19.1. The van der Waals surface area contributed by atoms with Gasteiger partial charge in [-0.1, -0.05) is 18.2 Å². The van der Waals surface area contributed by atoms with Crippen LogP contribution < -0.4 is 10.1 Å². The number of halogens is 1. The summed E-state index contributed by atoms with van der Waals surface area (Å²) in [7, 11) is 0. The summed E-state index contributed by atoms with van der Waals surface area (Å²) >= 11 is 0. The van der Waals surface area contributed by atoms with Gasteiger partial charge in [-0.25, -0.2) is 9.37 Å². The molecule has 0 radical (unpaired) electrons. The van der Waals surface area contributed by atoms with Gasteiger partial charge < -0.3 is 15.2 Å². The summed E-state index contributed by atoms with van der Waals surface area (Å²) in [5.41, 5.74) is 1.54. The Kier molecular flexibility index (Phi) is 5.95. The Hall–Kier alpha value is -3.32. The fourth-order valence-electron chi connectivity index (χ4n) is 3.37. The van der Waals surface area contributed by atoms with Gasteiger partial charge in [-0.15, -0.1) is 0 Å². The maximum atomic E-state index is 13.4. The smallest absolute Gasteiger partial charge is 0.252 e. The van der Waals surface area contributed by atoms with Crippen molar-refractivity contribution in [3.8, 4) is 17.0 Å². The highest BCUT2D eigenvalue weighted by molar-refractivity contribution is 5.95. The maximum Gasteiger partial charge on any atom is 0.252 e. The molecule has 1 unspecified atom stereocenters. The summed E-state index contributed by atoms with van der Waals surface area (Å²) in [6.07, 6.45) is 6.77. The predicted octanol–water partition coefficient (Wildman–Crippen LogP) is 3.75. The van der Waals surface area contributed by atoms with Crippen molar-refractivity contribution < 1.29 is 19.0 Å². The van der Waals surface area contributed by atoms with Crippen molar-refractivity contribution in [1.29, 1.82) is 0 Å². The van der Waals surface area contributed by atoms with Crippen molar-refractivity contribution in [2.24, 2.45) is 5.92 Å². The zero-order valence-electron chi connectivity index (χ0n) is 17.2. The van der Waals surface area contributed by atoms with Crippen LogP contribution in [0.4, 0.5) is 4.39 Å². The summed E-state index contributed by atoms with van der Waals surface area (Å²) in [6.45, 7) is 2.16. The lowest BCUT2D eigenvalue weighted by Crippen LogP contribution is -2.42. The number of carbonyl (C=O) groups is 1. The first-order valence-electron chi connectivity index (χ1n) is 10.2. The molecule has 1 aliphatic rings. The molecule has 1 amide bonds. The molecule has 1 fully saturated rings. The number of carbonyl (C=O) groups excluding carboxylic acids is 1. The molecule has 0 spiro atoms. The minimum Gasteiger partial charge on any atom is -0.472 e. The Balaban J connectivity index is 1.56. The third-order valence-corrected chi connectivity index (χ3v) is 5.43. The van der Waals surface area contributed by atoms with Crippen molar-refractivity contribution >= 4 is 5.91 Å². The van der Waals surface area contributed by atoms with E-state index < -0.39 is 5.60 Å². The summed E-state index contributed by atoms with van der Waals surface area (Å²) in [5, 5.41) is 13.2. The molecule has 7 heteroatoms. The molecule has 0 aliphatic heterocycles. The summed E-state index contributed by atoms with van der Waals surface area (Å²) in [6, 6.07) is 11.3. The molecule has 3 aromatic rings. The fraction of sp³-hybridized carbons (Fsp3) is 0.292. The Morgan fingerprint density at radius 3 is 2.71 bits per heavy atom. The van der Waals surface area contributed by atoms with Crippen LogP contribution in [-0.2, 0) is 6.61 Å². The number of aliphatic hydroxyl groups is 1. The van der Waals surface area contributed by atoms with E-state index in [-0.39, 0.29) is 30.8 Å². The molecular weight excluding hydrogens is 397 g/mol. The third-order valence-electron chi connectivity index (χ3n) is 5.43. The molecule has 1 aromatic carbocycles. The van der Waals surface area contributed by atoms with Gasteiger partial charge in [-0.05, 0) is 55.5 Å². The number of amides is 1. The number of rotatable bonds is 8. The SMILES string of the molecule is CC(O)(CNC(=O)c1cnc(OCc2cccnc2)c(-c2ccc(F)cc2)c1)C1CC1. The van der Waals surface area contributed by atoms with E-state index in [0.29, 0.717) is 22.6 Å². The van der Waals surface area contributed by atoms with Gasteiger partial charge in [-0.3, -0.25) is 9.78 Å². The van der Waals surface area contributed by atoms with E-state index in [9.17, 15) is 14.3 Å². The minimum absolute atomic E-state index is 0.168. The van der Waals surface area contributed by atoms with Gasteiger partial charge in [0.25, 0.3) is 5.91 Å². The Labute approximate surface area is 180 Å². The monoisotopic (exact) mass is 421 g/mol. The van der Waals surface area contributed by atoms with Crippen molar-refractivity contribution in [1.82, 2.24) is 15.3 Å². The first-order chi connectivity index (χ1) is 14.9. The largest absolute Gasteiger partial charge is 0.472 e. The second kappa shape index (κ2) is 8.81. The highest BCUT2D eigenvalue weighted by Gasteiger charge is 2.40. The first-order valence-corrected chi connectivity index (χ1v) is 10.2. The normalized spacial score (nSPS) is 15.2. The molecule has 2 heterocycles. The number of hydrogen-bond donors (Lipinski definition) is 2. The summed E-state index contributed by atoms with van der Waals surface area (Å²) in [4.78, 5) is 21.1. The lowest BCUT2D eigenvalue weighted by molar-refractivity contribution is 0.0354. The summed E-state index contributed by atoms with van der Waals surface area (Å²) < 4.78 is 19.3. The van der Waals surface area contributed by atoms with Gasteiger partial charge in [0.05, 0.1) is 11.2 Å². The average molecular weight is 421 g/mol. The molecule has 1 aliphatic carbocycles. The van der Waals surface area contributed by atoms with Crippen molar-refractivity contribution in [3.63, 3.8) is 0 Å². The number of nitrogens with zero attached hydrogens (tertiary/aromatic N) is 2. The van der Waals surface area contributed by atoms with Crippen molar-refractivity contribution in [2.45, 2.75) is 32.0 Å². The van der Waals surface area contributed by atoms with E-state index in [0.717, 1.165) is 18.4 Å². The lowest BCUT2D eigenvalue weighted by atomic mass is 10.0. The topological polar surface area (TPSA) is 84.3 Å². The average Bonchev–Trinajstić information content (AvgIpc) is 3.64. The molecule has 4 rings (SSSR count). The van der Waals surface area contributed by atoms with Crippen molar-refractivity contribution in [2.75, 3.05) is 6.54 Å². The molecule has 0 saturated heterocycles. The van der Waals surface area contributed by atoms with Crippen LogP contribution in [-0.4, -0.2) is 33.1 Å². The van der Waals surface area contributed by atoms with Crippen LogP contribution in [0.1, 0.15) is 35.7 Å². The van der Waals surface area contributed by atoms with Gasteiger partial charge in [0.15, 0.2) is 0 Å². The van der Waals surface area contributed by atoms with Crippen LogP contribution in [0.3, 0.4) is 0 Å². The summed E-state index contributed by atoms with van der Waals surface area (Å²) in [5.74, 6) is -0.137.